The number of aliphatic hydroxyl groups is 1. The second-order valence-corrected chi connectivity index (χ2v) is 6.51. The van der Waals surface area contributed by atoms with E-state index >= 15 is 0 Å². The smallest absolute Gasteiger partial charge is 0.257 e. The van der Waals surface area contributed by atoms with E-state index in [9.17, 15) is 14.3 Å². The van der Waals surface area contributed by atoms with E-state index in [-0.39, 0.29) is 19.4 Å². The summed E-state index contributed by atoms with van der Waals surface area (Å²) in [7, 11) is 0. The van der Waals surface area contributed by atoms with E-state index < -0.39 is 126 Å². The predicted molar refractivity (Wildman–Crippen MR) is 114 cm³/mol. The van der Waals surface area contributed by atoms with Crippen LogP contribution in [0.2, 0.25) is 0 Å². The van der Waals surface area contributed by atoms with E-state index in [1.165, 1.54) is 0 Å². The van der Waals surface area contributed by atoms with Crippen LogP contribution in [0, 0.1) is 12.7 Å². The predicted octanol–water partition coefficient (Wildman–Crippen LogP) is 3.08. The topological polar surface area (TPSA) is 84.4 Å². The van der Waals surface area contributed by atoms with Gasteiger partial charge in [-0.1, -0.05) is 5.16 Å². The lowest BCUT2D eigenvalue weighted by Crippen LogP contribution is -2.37. The lowest BCUT2D eigenvalue weighted by molar-refractivity contribution is 0.129. The van der Waals surface area contributed by atoms with Gasteiger partial charge in [-0.3, -0.25) is 9.36 Å². The first-order valence-corrected chi connectivity index (χ1v) is 8.96. The standard InChI is InChI=1S/C23H27FN4O3/c1-14-17(23(30)28-9-2-3-19(29)22(28)25-14)8-12-27-10-6-15(7-11-27)21-18-5-4-16(24)13-20(18)31-26-21/h4-5,13,15,19,29H,2-3,6-12H2,1H3/i1D3,4D,5D,6D2,7D2,8D2,10D2,11D2,12D2,13D,15D,19D. The third-order valence-corrected chi connectivity index (χ3v) is 4.55. The molecule has 1 saturated heterocycles. The molecule has 2 aliphatic heterocycles. The van der Waals surface area contributed by atoms with Crippen molar-refractivity contribution in [3.63, 3.8) is 0 Å². The number of nitrogens with zero attached hydrogens (tertiary/aromatic N) is 4. The molecule has 1 N–H and O–H groups in total. The molecule has 4 heterocycles. The van der Waals surface area contributed by atoms with Crippen LogP contribution in [0.1, 0.15) is 87.8 Å². The molecule has 0 spiro atoms. The zero-order valence-corrected chi connectivity index (χ0v) is 15.6. The van der Waals surface area contributed by atoms with E-state index in [1.54, 1.807) is 0 Å². The molecule has 2 aliphatic rings. The lowest BCUT2D eigenvalue weighted by Gasteiger charge is -2.31. The minimum absolute atomic E-state index is 0.104. The summed E-state index contributed by atoms with van der Waals surface area (Å²) in [6.45, 7) is -17.3. The van der Waals surface area contributed by atoms with Crippen molar-refractivity contribution in [1.29, 1.82) is 0 Å². The number of likely N-dealkylation sites (tertiary alicyclic amines) is 1. The molecule has 31 heavy (non-hydrogen) atoms. The van der Waals surface area contributed by atoms with Gasteiger partial charge in [0.25, 0.3) is 5.56 Å². The first-order chi connectivity index (χ1) is 22.7. The molecule has 0 bridgehead atoms. The fraction of sp³-hybridized carbons (Fsp3) is 0.522. The van der Waals surface area contributed by atoms with Gasteiger partial charge in [-0.2, -0.15) is 0 Å². The molecule has 7 nitrogen and oxygen atoms in total. The van der Waals surface area contributed by atoms with Crippen LogP contribution in [0.3, 0.4) is 0 Å². The van der Waals surface area contributed by atoms with Crippen molar-refractivity contribution >= 4 is 11.0 Å². The van der Waals surface area contributed by atoms with Crippen molar-refractivity contribution in [3.05, 3.63) is 57.1 Å². The summed E-state index contributed by atoms with van der Waals surface area (Å²) < 4.78 is 190. The minimum Gasteiger partial charge on any atom is -0.385 e. The second kappa shape index (κ2) is 8.16. The maximum absolute atomic E-state index is 14.4. The number of benzene rings is 1. The van der Waals surface area contributed by atoms with Gasteiger partial charge in [-0.05, 0) is 63.9 Å². The Bertz CT molecular complexity index is 2000. The number of hydrogen-bond donors (Lipinski definition) is 1. The summed E-state index contributed by atoms with van der Waals surface area (Å²) in [5, 5.41) is 12.8. The molecule has 3 aromatic rings. The number of piperidine rings is 1. The maximum Gasteiger partial charge on any atom is 0.257 e. The first kappa shape index (κ1) is 7.78. The van der Waals surface area contributed by atoms with Crippen LogP contribution < -0.4 is 5.56 Å². The Kier molecular flexibility index (Phi) is 2.05. The molecule has 0 aliphatic carbocycles. The molecule has 0 amide bonds. The van der Waals surface area contributed by atoms with Gasteiger partial charge in [0.2, 0.25) is 0 Å². The lowest BCUT2D eigenvalue weighted by atomic mass is 9.91. The number of halogens is 1. The first-order valence-electron chi connectivity index (χ1n) is 19.0. The molecule has 0 radical (unpaired) electrons. The third kappa shape index (κ3) is 3.78. The highest BCUT2D eigenvalue weighted by Crippen LogP contribution is 2.32. The average molecular weight is 447 g/mol. The molecule has 1 atom stereocenters. The van der Waals surface area contributed by atoms with Crippen molar-refractivity contribution in [2.24, 2.45) is 0 Å². The second-order valence-electron chi connectivity index (χ2n) is 6.51. The van der Waals surface area contributed by atoms with E-state index in [0.29, 0.717) is 4.57 Å². The summed E-state index contributed by atoms with van der Waals surface area (Å²) in [6, 6.07) is -3.81. The van der Waals surface area contributed by atoms with Crippen LogP contribution >= 0.6 is 0 Å². The number of rotatable bonds is 4. The molecule has 1 fully saturated rings. The van der Waals surface area contributed by atoms with Crippen LogP contribution in [0.5, 0.6) is 0 Å². The van der Waals surface area contributed by atoms with Crippen molar-refractivity contribution in [2.45, 2.75) is 57.3 Å². The van der Waals surface area contributed by atoms with Crippen LogP contribution in [0.15, 0.2) is 27.4 Å². The van der Waals surface area contributed by atoms with Crippen LogP contribution in [-0.2, 0) is 12.9 Å². The van der Waals surface area contributed by atoms with Crippen molar-refractivity contribution in [3.8, 4) is 0 Å². The van der Waals surface area contributed by atoms with Gasteiger partial charge >= 0.3 is 0 Å². The minimum atomic E-state index is -4.48. The summed E-state index contributed by atoms with van der Waals surface area (Å²) in [6.07, 6.45) is -16.0. The molecular weight excluding hydrogens is 399 g/mol. The molecule has 2 aromatic heterocycles. The molecule has 8 heteroatoms. The van der Waals surface area contributed by atoms with Gasteiger partial charge < -0.3 is 14.5 Å². The highest BCUT2D eigenvalue weighted by molar-refractivity contribution is 5.79. The Morgan fingerprint density at radius 3 is 3.13 bits per heavy atom. The maximum atomic E-state index is 14.4. The fourth-order valence-electron chi connectivity index (χ4n) is 3.09. The average Bonchev–Trinajstić information content (AvgIpc) is 3.42. The quantitative estimate of drug-likeness (QED) is 0.663. The highest BCUT2D eigenvalue weighted by atomic mass is 19.1. The third-order valence-electron chi connectivity index (χ3n) is 4.55. The van der Waals surface area contributed by atoms with Crippen LogP contribution in [0.4, 0.5) is 4.39 Å². The molecule has 0 saturated carbocycles. The van der Waals surface area contributed by atoms with E-state index in [0.717, 1.165) is 0 Å². The van der Waals surface area contributed by atoms with Crippen molar-refractivity contribution in [2.75, 3.05) is 19.5 Å². The van der Waals surface area contributed by atoms with Gasteiger partial charge in [0.1, 0.15) is 17.7 Å². The number of aryl methyl sites for hydroxylation is 1. The molecule has 1 aromatic carbocycles. The highest BCUT2D eigenvalue weighted by Gasteiger charge is 2.26. The van der Waals surface area contributed by atoms with E-state index in [2.05, 4.69) is 10.1 Å². The van der Waals surface area contributed by atoms with E-state index in [4.69, 9.17) is 31.9 Å². The summed E-state index contributed by atoms with van der Waals surface area (Å²) >= 11 is 0. The summed E-state index contributed by atoms with van der Waals surface area (Å²) in [5.41, 5.74) is -7.31. The molecule has 5 rings (SSSR count). The Hall–Kier alpha value is -2.58. The van der Waals surface area contributed by atoms with Crippen LogP contribution in [0.25, 0.3) is 11.0 Å². The normalized spacial score (nSPS) is 41.0. The Morgan fingerprint density at radius 1 is 1.48 bits per heavy atom. The molecular formula is C23H27FN4O3. The van der Waals surface area contributed by atoms with Crippen molar-refractivity contribution in [1.82, 2.24) is 19.6 Å². The van der Waals surface area contributed by atoms with E-state index in [1.807, 2.05) is 0 Å². The fourth-order valence-corrected chi connectivity index (χ4v) is 3.09. The molecule has 1 unspecified atom stereocenters. The number of fused-ring (bicyclic) bond motifs is 2. The SMILES string of the molecule is [2H]c1c(F)c([2H])c2onc(C3([2H])C([2H])([2H])C([2H])([2H])N(C([2H])([2H])C([2H])([2H])c4c(C([2H])([2H])[2H])nc5n(c4=O)CCCC5([2H])O)C([2H])([2H])C3([2H])[2H])c2c1[2H]. The van der Waals surface area contributed by atoms with Gasteiger partial charge in [0, 0.05) is 63.6 Å². The summed E-state index contributed by atoms with van der Waals surface area (Å²) in [5.74, 6) is -6.56. The largest absolute Gasteiger partial charge is 0.385 e. The monoisotopic (exact) mass is 446 g/mol. The molecule has 164 valence electrons. The zero-order valence-electron chi connectivity index (χ0n) is 35.6. The van der Waals surface area contributed by atoms with Gasteiger partial charge in [0.05, 0.1) is 11.2 Å². The number of hydrogen-bond acceptors (Lipinski definition) is 6. The van der Waals surface area contributed by atoms with Crippen molar-refractivity contribution < 1.29 is 41.4 Å². The van der Waals surface area contributed by atoms with Gasteiger partial charge in [-0.25, -0.2) is 9.37 Å². The zero-order chi connectivity index (χ0) is 39.2. The Balaban J connectivity index is 1.82. The van der Waals surface area contributed by atoms with Crippen LogP contribution in [-0.4, -0.2) is 44.2 Å². The number of aromatic nitrogens is 3. The van der Waals surface area contributed by atoms with Gasteiger partial charge in [-0.15, -0.1) is 0 Å². The Labute approximate surface area is 207 Å². The summed E-state index contributed by atoms with van der Waals surface area (Å²) in [4.78, 5) is 16.6. The Morgan fingerprint density at radius 2 is 2.32 bits per heavy atom. The van der Waals surface area contributed by atoms with Gasteiger partial charge in [0.15, 0.2) is 5.58 Å².